The normalized spacial score (nSPS) is 11.1. The number of hydrogen-bond donors (Lipinski definition) is 0. The van der Waals surface area contributed by atoms with Crippen LogP contribution in [0.3, 0.4) is 0 Å². The summed E-state index contributed by atoms with van der Waals surface area (Å²) in [5.74, 6) is -1.51. The first-order valence-corrected chi connectivity index (χ1v) is 5.14. The van der Waals surface area contributed by atoms with Crippen LogP contribution in [0.15, 0.2) is 6.07 Å². The van der Waals surface area contributed by atoms with Gasteiger partial charge in [0, 0.05) is 0 Å². The molecular formula is C11H12F3NO4. The van der Waals surface area contributed by atoms with Crippen molar-refractivity contribution in [2.24, 2.45) is 0 Å². The molecule has 0 aliphatic rings. The zero-order chi connectivity index (χ0) is 14.6. The number of pyridine rings is 1. The van der Waals surface area contributed by atoms with Gasteiger partial charge in [0.05, 0.1) is 26.3 Å². The molecule has 5 nitrogen and oxygen atoms in total. The van der Waals surface area contributed by atoms with Crippen molar-refractivity contribution < 1.29 is 32.2 Å². The first kappa shape index (κ1) is 15.1. The minimum Gasteiger partial charge on any atom is -0.491 e. The van der Waals surface area contributed by atoms with Gasteiger partial charge in [-0.25, -0.2) is 4.98 Å². The predicted molar refractivity (Wildman–Crippen MR) is 57.9 cm³/mol. The maximum Gasteiger partial charge on any atom is 0.574 e. The number of carbonyl (C=O) groups is 1. The molecule has 0 saturated carbocycles. The van der Waals surface area contributed by atoms with E-state index >= 15 is 0 Å². The topological polar surface area (TPSA) is 57.7 Å². The van der Waals surface area contributed by atoms with Crippen molar-refractivity contribution in [1.29, 1.82) is 0 Å². The lowest BCUT2D eigenvalue weighted by atomic mass is 10.1. The number of aryl methyl sites for hydroxylation is 1. The number of aromatic nitrogens is 1. The predicted octanol–water partition coefficient (Wildman–Crippen LogP) is 2.01. The molecule has 1 aromatic heterocycles. The second kappa shape index (κ2) is 5.77. The lowest BCUT2D eigenvalue weighted by Gasteiger charge is -2.14. The van der Waals surface area contributed by atoms with Gasteiger partial charge in [0.25, 0.3) is 5.88 Å². The average Bonchev–Trinajstić information content (AvgIpc) is 2.30. The molecule has 19 heavy (non-hydrogen) atoms. The Bertz CT molecular complexity index is 474. The van der Waals surface area contributed by atoms with Gasteiger partial charge in [0.15, 0.2) is 5.75 Å². The summed E-state index contributed by atoms with van der Waals surface area (Å²) in [6.45, 7) is 1.59. The van der Waals surface area contributed by atoms with Crippen LogP contribution in [0.2, 0.25) is 0 Å². The third kappa shape index (κ3) is 4.31. The summed E-state index contributed by atoms with van der Waals surface area (Å²) in [7, 11) is 2.37. The first-order valence-electron chi connectivity index (χ1n) is 5.14. The molecule has 0 fully saturated rings. The summed E-state index contributed by atoms with van der Waals surface area (Å²) in [5.41, 5.74) is 0.628. The third-order valence-electron chi connectivity index (χ3n) is 2.22. The zero-order valence-corrected chi connectivity index (χ0v) is 10.5. The number of hydrogen-bond acceptors (Lipinski definition) is 5. The second-order valence-electron chi connectivity index (χ2n) is 3.56. The minimum atomic E-state index is -4.89. The fourth-order valence-corrected chi connectivity index (χ4v) is 1.32. The Morgan fingerprint density at radius 1 is 1.37 bits per heavy atom. The molecule has 0 amide bonds. The minimum absolute atomic E-state index is 0.131. The van der Waals surface area contributed by atoms with Gasteiger partial charge in [0.1, 0.15) is 0 Å². The summed E-state index contributed by atoms with van der Waals surface area (Å²) >= 11 is 0. The number of rotatable bonds is 4. The molecule has 106 valence electrons. The highest BCUT2D eigenvalue weighted by molar-refractivity contribution is 5.72. The van der Waals surface area contributed by atoms with E-state index in [0.29, 0.717) is 5.56 Å². The quantitative estimate of drug-likeness (QED) is 0.789. The highest BCUT2D eigenvalue weighted by atomic mass is 19.4. The lowest BCUT2D eigenvalue weighted by molar-refractivity contribution is -0.276. The molecule has 0 saturated heterocycles. The van der Waals surface area contributed by atoms with Gasteiger partial charge in [-0.05, 0) is 18.6 Å². The van der Waals surface area contributed by atoms with Crippen molar-refractivity contribution in [3.05, 3.63) is 17.3 Å². The maximum absolute atomic E-state index is 12.2. The van der Waals surface area contributed by atoms with Crippen LogP contribution < -0.4 is 9.47 Å². The Labute approximate surface area is 107 Å². The standard InChI is InChI=1S/C11H12F3NO4/c1-6-4-8(17-2)10(19-11(12,13)14)15-7(6)5-9(16)18-3/h4H,5H2,1-3H3. The Balaban J connectivity index is 3.14. The SMILES string of the molecule is COC(=O)Cc1nc(OC(F)(F)F)c(OC)cc1C. The Morgan fingerprint density at radius 2 is 2.00 bits per heavy atom. The summed E-state index contributed by atoms with van der Waals surface area (Å²) in [4.78, 5) is 14.8. The van der Waals surface area contributed by atoms with E-state index < -0.39 is 18.2 Å². The van der Waals surface area contributed by atoms with E-state index in [4.69, 9.17) is 4.74 Å². The zero-order valence-electron chi connectivity index (χ0n) is 10.5. The van der Waals surface area contributed by atoms with Crippen molar-refractivity contribution in [3.63, 3.8) is 0 Å². The van der Waals surface area contributed by atoms with E-state index in [9.17, 15) is 18.0 Å². The van der Waals surface area contributed by atoms with Gasteiger partial charge in [-0.15, -0.1) is 13.2 Å². The molecule has 0 atom stereocenters. The molecule has 0 unspecified atom stereocenters. The lowest BCUT2D eigenvalue weighted by Crippen LogP contribution is -2.19. The molecule has 0 N–H and O–H groups in total. The van der Waals surface area contributed by atoms with Crippen molar-refractivity contribution >= 4 is 5.97 Å². The van der Waals surface area contributed by atoms with E-state index in [-0.39, 0.29) is 17.9 Å². The Kier molecular flexibility index (Phi) is 4.57. The van der Waals surface area contributed by atoms with Crippen molar-refractivity contribution in [2.75, 3.05) is 14.2 Å². The monoisotopic (exact) mass is 279 g/mol. The van der Waals surface area contributed by atoms with E-state index in [0.717, 1.165) is 0 Å². The molecule has 0 radical (unpaired) electrons. The molecular weight excluding hydrogens is 267 g/mol. The van der Waals surface area contributed by atoms with Crippen LogP contribution in [0.4, 0.5) is 13.2 Å². The van der Waals surface area contributed by atoms with Gasteiger partial charge in [-0.1, -0.05) is 0 Å². The largest absolute Gasteiger partial charge is 0.574 e. The summed E-state index contributed by atoms with van der Waals surface area (Å²) in [6.07, 6.45) is -5.14. The Hall–Kier alpha value is -1.99. The van der Waals surface area contributed by atoms with E-state index in [1.165, 1.54) is 20.3 Å². The molecule has 0 aliphatic heterocycles. The summed E-state index contributed by atoms with van der Waals surface area (Å²) in [5, 5.41) is 0. The molecule has 0 aromatic carbocycles. The highest BCUT2D eigenvalue weighted by Crippen LogP contribution is 2.31. The second-order valence-corrected chi connectivity index (χ2v) is 3.56. The maximum atomic E-state index is 12.2. The van der Waals surface area contributed by atoms with Gasteiger partial charge in [-0.3, -0.25) is 4.79 Å². The van der Waals surface area contributed by atoms with Gasteiger partial charge in [0.2, 0.25) is 0 Å². The van der Waals surface area contributed by atoms with Crippen molar-refractivity contribution in [2.45, 2.75) is 19.7 Å². The average molecular weight is 279 g/mol. The molecule has 0 spiro atoms. The van der Waals surface area contributed by atoms with Crippen LogP contribution in [-0.4, -0.2) is 31.5 Å². The van der Waals surface area contributed by atoms with E-state index in [2.05, 4.69) is 14.5 Å². The van der Waals surface area contributed by atoms with E-state index in [1.807, 2.05) is 0 Å². The van der Waals surface area contributed by atoms with Gasteiger partial charge >= 0.3 is 12.3 Å². The molecule has 1 rings (SSSR count). The van der Waals surface area contributed by atoms with Crippen LogP contribution in [0.1, 0.15) is 11.3 Å². The molecule has 0 bridgehead atoms. The number of nitrogens with zero attached hydrogens (tertiary/aromatic N) is 1. The number of carbonyl (C=O) groups excluding carboxylic acids is 1. The van der Waals surface area contributed by atoms with Crippen LogP contribution in [0.5, 0.6) is 11.6 Å². The fourth-order valence-electron chi connectivity index (χ4n) is 1.32. The molecule has 8 heteroatoms. The number of alkyl halides is 3. The van der Waals surface area contributed by atoms with Crippen LogP contribution in [0.25, 0.3) is 0 Å². The van der Waals surface area contributed by atoms with Crippen molar-refractivity contribution in [3.8, 4) is 11.6 Å². The van der Waals surface area contributed by atoms with Crippen LogP contribution >= 0.6 is 0 Å². The molecule has 0 aliphatic carbocycles. The fraction of sp³-hybridized carbons (Fsp3) is 0.455. The van der Waals surface area contributed by atoms with Crippen molar-refractivity contribution in [1.82, 2.24) is 4.98 Å². The first-order chi connectivity index (χ1) is 8.76. The summed E-state index contributed by atoms with van der Waals surface area (Å²) in [6, 6.07) is 1.31. The number of esters is 1. The molecule has 1 heterocycles. The summed E-state index contributed by atoms with van der Waals surface area (Å²) < 4.78 is 49.6. The number of halogens is 3. The Morgan fingerprint density at radius 3 is 2.47 bits per heavy atom. The smallest absolute Gasteiger partial charge is 0.491 e. The van der Waals surface area contributed by atoms with Gasteiger partial charge < -0.3 is 14.2 Å². The molecule has 1 aromatic rings. The number of methoxy groups -OCH3 is 2. The van der Waals surface area contributed by atoms with Gasteiger partial charge in [-0.2, -0.15) is 0 Å². The van der Waals surface area contributed by atoms with Crippen LogP contribution in [0, 0.1) is 6.92 Å². The van der Waals surface area contributed by atoms with E-state index in [1.54, 1.807) is 6.92 Å². The number of ether oxygens (including phenoxy) is 3. The highest BCUT2D eigenvalue weighted by Gasteiger charge is 2.33. The third-order valence-corrected chi connectivity index (χ3v) is 2.22. The van der Waals surface area contributed by atoms with Crippen LogP contribution in [-0.2, 0) is 16.0 Å².